The van der Waals surface area contributed by atoms with Crippen LogP contribution in [0.4, 0.5) is 0 Å². The lowest BCUT2D eigenvalue weighted by Gasteiger charge is -2.27. The van der Waals surface area contributed by atoms with Crippen LogP contribution in [0.1, 0.15) is 42.5 Å². The molecule has 1 aromatic carbocycles. The standard InChI is InChI=1S/C17H23NO/c1-11-6-5-8-14-15(12(2)18-17(11)14)10-13-7-3-4-9-16(13)19/h5-6,8,13,16,18-19H,3-4,7,9-10H2,1-2H3. The maximum absolute atomic E-state index is 10.2. The monoisotopic (exact) mass is 257 g/mol. The van der Waals surface area contributed by atoms with Crippen LogP contribution in [0.25, 0.3) is 10.9 Å². The van der Waals surface area contributed by atoms with Gasteiger partial charge in [-0.15, -0.1) is 0 Å². The molecule has 1 heterocycles. The summed E-state index contributed by atoms with van der Waals surface area (Å²) in [6, 6.07) is 6.49. The Morgan fingerprint density at radius 2 is 2.00 bits per heavy atom. The molecule has 0 bridgehead atoms. The van der Waals surface area contributed by atoms with E-state index in [2.05, 4.69) is 37.0 Å². The summed E-state index contributed by atoms with van der Waals surface area (Å²) < 4.78 is 0. The molecule has 0 spiro atoms. The van der Waals surface area contributed by atoms with Gasteiger partial charge in [0.2, 0.25) is 0 Å². The first-order valence-corrected chi connectivity index (χ1v) is 7.41. The maximum Gasteiger partial charge on any atom is 0.0571 e. The van der Waals surface area contributed by atoms with Gasteiger partial charge in [0.1, 0.15) is 0 Å². The molecule has 3 rings (SSSR count). The van der Waals surface area contributed by atoms with Crippen LogP contribution in [0.15, 0.2) is 18.2 Å². The molecule has 1 fully saturated rings. The second kappa shape index (κ2) is 5.01. The first-order valence-electron chi connectivity index (χ1n) is 7.41. The van der Waals surface area contributed by atoms with E-state index in [0.717, 1.165) is 12.8 Å². The maximum atomic E-state index is 10.2. The average molecular weight is 257 g/mol. The Morgan fingerprint density at radius 3 is 2.79 bits per heavy atom. The number of aryl methyl sites for hydroxylation is 2. The van der Waals surface area contributed by atoms with Crippen LogP contribution >= 0.6 is 0 Å². The zero-order valence-corrected chi connectivity index (χ0v) is 11.9. The highest BCUT2D eigenvalue weighted by Crippen LogP contribution is 2.32. The van der Waals surface area contributed by atoms with Crippen LogP contribution in [0.5, 0.6) is 0 Å². The van der Waals surface area contributed by atoms with Crippen molar-refractivity contribution in [1.82, 2.24) is 4.98 Å². The molecule has 2 heteroatoms. The zero-order chi connectivity index (χ0) is 13.4. The lowest BCUT2D eigenvalue weighted by atomic mass is 9.82. The van der Waals surface area contributed by atoms with Crippen molar-refractivity contribution >= 4 is 10.9 Å². The topological polar surface area (TPSA) is 36.0 Å². The van der Waals surface area contributed by atoms with Gasteiger partial charge in [-0.25, -0.2) is 0 Å². The normalized spacial score (nSPS) is 23.9. The van der Waals surface area contributed by atoms with E-state index in [4.69, 9.17) is 0 Å². The molecule has 0 amide bonds. The minimum atomic E-state index is -0.108. The molecule has 1 aliphatic carbocycles. The third-order valence-corrected chi connectivity index (χ3v) is 4.70. The molecule has 0 aliphatic heterocycles. The van der Waals surface area contributed by atoms with Crippen LogP contribution in [-0.2, 0) is 6.42 Å². The van der Waals surface area contributed by atoms with Crippen molar-refractivity contribution in [3.8, 4) is 0 Å². The average Bonchev–Trinajstić information content (AvgIpc) is 2.71. The van der Waals surface area contributed by atoms with E-state index in [1.54, 1.807) is 0 Å². The van der Waals surface area contributed by atoms with E-state index >= 15 is 0 Å². The number of rotatable bonds is 2. The molecule has 0 radical (unpaired) electrons. The molecule has 19 heavy (non-hydrogen) atoms. The third kappa shape index (κ3) is 2.30. The minimum Gasteiger partial charge on any atom is -0.393 e. The summed E-state index contributed by atoms with van der Waals surface area (Å²) in [4.78, 5) is 3.52. The molecule has 2 atom stereocenters. The van der Waals surface area contributed by atoms with E-state index < -0.39 is 0 Å². The highest BCUT2D eigenvalue weighted by molar-refractivity contribution is 5.87. The van der Waals surface area contributed by atoms with Crippen molar-refractivity contribution in [3.63, 3.8) is 0 Å². The number of hydrogen-bond acceptors (Lipinski definition) is 1. The van der Waals surface area contributed by atoms with Crippen molar-refractivity contribution in [3.05, 3.63) is 35.0 Å². The Balaban J connectivity index is 1.96. The number of H-pyrrole nitrogens is 1. The van der Waals surface area contributed by atoms with E-state index in [0.29, 0.717) is 5.92 Å². The van der Waals surface area contributed by atoms with Crippen LogP contribution in [0, 0.1) is 19.8 Å². The largest absolute Gasteiger partial charge is 0.393 e. The molecule has 2 N–H and O–H groups in total. The number of nitrogens with one attached hydrogen (secondary N) is 1. The first-order chi connectivity index (χ1) is 9.16. The van der Waals surface area contributed by atoms with Gasteiger partial charge < -0.3 is 10.1 Å². The molecular weight excluding hydrogens is 234 g/mol. The Morgan fingerprint density at radius 1 is 1.21 bits per heavy atom. The number of aromatic nitrogens is 1. The first kappa shape index (κ1) is 12.7. The Labute approximate surface area is 114 Å². The van der Waals surface area contributed by atoms with E-state index in [9.17, 15) is 5.11 Å². The molecule has 1 aromatic heterocycles. The van der Waals surface area contributed by atoms with Gasteiger partial charge in [-0.05, 0) is 50.2 Å². The predicted octanol–water partition coefficient (Wildman–Crippen LogP) is 3.88. The Hall–Kier alpha value is -1.28. The van der Waals surface area contributed by atoms with Crippen molar-refractivity contribution < 1.29 is 5.11 Å². The summed E-state index contributed by atoms with van der Waals surface area (Å²) in [6.07, 6.45) is 5.50. The molecule has 1 saturated carbocycles. The number of benzene rings is 1. The smallest absolute Gasteiger partial charge is 0.0571 e. The minimum absolute atomic E-state index is 0.108. The van der Waals surface area contributed by atoms with Gasteiger partial charge in [-0.3, -0.25) is 0 Å². The van der Waals surface area contributed by atoms with Gasteiger partial charge in [0.05, 0.1) is 6.10 Å². The fourth-order valence-electron chi connectivity index (χ4n) is 3.50. The number of aliphatic hydroxyl groups is 1. The van der Waals surface area contributed by atoms with Crippen molar-refractivity contribution in [2.24, 2.45) is 5.92 Å². The van der Waals surface area contributed by atoms with E-state index in [-0.39, 0.29) is 6.10 Å². The molecule has 0 saturated heterocycles. The number of para-hydroxylation sites is 1. The molecule has 1 aliphatic rings. The van der Waals surface area contributed by atoms with Crippen LogP contribution in [0.2, 0.25) is 0 Å². The summed E-state index contributed by atoms with van der Waals surface area (Å²) >= 11 is 0. The molecular formula is C17H23NO. The number of hydrogen-bond donors (Lipinski definition) is 2. The number of aromatic amines is 1. The lowest BCUT2D eigenvalue weighted by molar-refractivity contribution is 0.0701. The highest BCUT2D eigenvalue weighted by atomic mass is 16.3. The van der Waals surface area contributed by atoms with Crippen molar-refractivity contribution in [1.29, 1.82) is 0 Å². The fourth-order valence-corrected chi connectivity index (χ4v) is 3.50. The van der Waals surface area contributed by atoms with Gasteiger partial charge in [0.15, 0.2) is 0 Å². The predicted molar refractivity (Wildman–Crippen MR) is 79.4 cm³/mol. The summed E-state index contributed by atoms with van der Waals surface area (Å²) in [6.45, 7) is 4.31. The molecule has 2 unspecified atom stereocenters. The fraction of sp³-hybridized carbons (Fsp3) is 0.529. The summed E-state index contributed by atoms with van der Waals surface area (Å²) in [5.41, 5.74) is 5.24. The number of aliphatic hydroxyl groups excluding tert-OH is 1. The van der Waals surface area contributed by atoms with Crippen LogP contribution in [0.3, 0.4) is 0 Å². The highest BCUT2D eigenvalue weighted by Gasteiger charge is 2.25. The Kier molecular flexibility index (Phi) is 3.36. The zero-order valence-electron chi connectivity index (χ0n) is 11.9. The van der Waals surface area contributed by atoms with Gasteiger partial charge in [0, 0.05) is 16.6 Å². The summed E-state index contributed by atoms with van der Waals surface area (Å²) in [5.74, 6) is 0.437. The third-order valence-electron chi connectivity index (χ3n) is 4.70. The van der Waals surface area contributed by atoms with E-state index in [1.165, 1.54) is 47.0 Å². The molecule has 2 aromatic rings. The second-order valence-electron chi connectivity index (χ2n) is 6.04. The van der Waals surface area contributed by atoms with Crippen molar-refractivity contribution in [2.75, 3.05) is 0 Å². The lowest BCUT2D eigenvalue weighted by Crippen LogP contribution is -2.26. The summed E-state index contributed by atoms with van der Waals surface area (Å²) in [5, 5.41) is 11.5. The molecule has 102 valence electrons. The SMILES string of the molecule is Cc1[nH]c2c(C)cccc2c1CC1CCCCC1O. The van der Waals surface area contributed by atoms with E-state index in [1.807, 2.05) is 0 Å². The van der Waals surface area contributed by atoms with Crippen LogP contribution < -0.4 is 0 Å². The quantitative estimate of drug-likeness (QED) is 0.841. The molecule has 2 nitrogen and oxygen atoms in total. The van der Waals surface area contributed by atoms with Gasteiger partial charge in [-0.1, -0.05) is 31.0 Å². The van der Waals surface area contributed by atoms with Crippen LogP contribution in [-0.4, -0.2) is 16.2 Å². The van der Waals surface area contributed by atoms with Gasteiger partial charge in [0.25, 0.3) is 0 Å². The van der Waals surface area contributed by atoms with Crippen molar-refractivity contribution in [2.45, 2.75) is 52.1 Å². The van der Waals surface area contributed by atoms with Gasteiger partial charge in [-0.2, -0.15) is 0 Å². The van der Waals surface area contributed by atoms with Gasteiger partial charge >= 0.3 is 0 Å². The second-order valence-corrected chi connectivity index (χ2v) is 6.04. The number of fused-ring (bicyclic) bond motifs is 1. The Bertz CT molecular complexity index is 584. The summed E-state index contributed by atoms with van der Waals surface area (Å²) in [7, 11) is 0.